The van der Waals surface area contributed by atoms with E-state index in [4.69, 9.17) is 17.7 Å². The maximum Gasteiger partial charge on any atom is 0.143 e. The lowest BCUT2D eigenvalue weighted by atomic mass is 9.95. The van der Waals surface area contributed by atoms with E-state index in [1.54, 1.807) is 0 Å². The fourth-order valence-corrected chi connectivity index (χ4v) is 15.5. The van der Waals surface area contributed by atoms with Gasteiger partial charge in [-0.25, -0.2) is 0 Å². The molecule has 0 atom stereocenters. The van der Waals surface area contributed by atoms with Crippen molar-refractivity contribution in [2.45, 2.75) is 79.1 Å². The summed E-state index contributed by atoms with van der Waals surface area (Å²) < 4.78 is 24.4. The third-order valence-corrected chi connectivity index (χ3v) is 21.9. The fraction of sp³-hybridized carbons (Fsp3) is 0.111. The van der Waals surface area contributed by atoms with Gasteiger partial charge in [-0.05, 0) is 184 Å². The largest absolute Gasteiger partial charge is 0.456 e. The van der Waals surface area contributed by atoms with Crippen LogP contribution in [0.25, 0.3) is 177 Å². The van der Waals surface area contributed by atoms with Crippen LogP contribution in [0.1, 0.15) is 101 Å². The van der Waals surface area contributed by atoms with Crippen molar-refractivity contribution in [2.75, 3.05) is 0 Å². The number of hydrogen-bond acceptors (Lipinski definition) is 4. The molecule has 0 amide bonds. The predicted molar refractivity (Wildman–Crippen MR) is 475 cm³/mol. The predicted octanol–water partition coefficient (Wildman–Crippen LogP) is 32.2. The minimum atomic E-state index is 0.532. The topological polar surface area (TPSA) is 52.6 Å². The Kier molecular flexibility index (Phi) is 20.1. The molecule has 4 aromatic heterocycles. The van der Waals surface area contributed by atoms with Crippen LogP contribution in [0.5, 0.6) is 0 Å². The van der Waals surface area contributed by atoms with Gasteiger partial charge in [0.25, 0.3) is 0 Å². The van der Waals surface area contributed by atoms with Crippen LogP contribution in [0, 0.1) is 0 Å². The van der Waals surface area contributed by atoms with Gasteiger partial charge in [-0.3, -0.25) is 0 Å². The van der Waals surface area contributed by atoms with E-state index in [2.05, 4.69) is 371 Å². The van der Waals surface area contributed by atoms with Gasteiger partial charge in [-0.2, -0.15) is 0 Å². The first-order chi connectivity index (χ1) is 54.8. The van der Waals surface area contributed by atoms with Crippen molar-refractivity contribution in [3.8, 4) is 89.0 Å². The second-order valence-electron chi connectivity index (χ2n) is 30.6. The molecule has 4 nitrogen and oxygen atoms in total. The van der Waals surface area contributed by atoms with Crippen molar-refractivity contribution in [1.29, 1.82) is 0 Å². The molecule has 4 heterocycles. The fourth-order valence-electron chi connectivity index (χ4n) is 15.5. The molecule has 0 unspecified atom stereocenters. The Morgan fingerprint density at radius 3 is 0.884 bits per heavy atom. The van der Waals surface area contributed by atoms with Crippen molar-refractivity contribution in [3.63, 3.8) is 0 Å². The number of fused-ring (bicyclic) bond motifs is 12. The van der Waals surface area contributed by atoms with Crippen LogP contribution in [0.15, 0.2) is 382 Å². The molecule has 0 saturated carbocycles. The van der Waals surface area contributed by atoms with Crippen molar-refractivity contribution >= 4 is 87.8 Å². The molecule has 0 aliphatic carbocycles. The maximum atomic E-state index is 6.23. The lowest BCUT2D eigenvalue weighted by Crippen LogP contribution is -1.88. The Labute approximate surface area is 655 Å². The summed E-state index contributed by atoms with van der Waals surface area (Å²) in [6, 6.07) is 129. The molecule has 20 aromatic rings. The Morgan fingerprint density at radius 1 is 0.152 bits per heavy atom. The van der Waals surface area contributed by atoms with Crippen LogP contribution in [0.4, 0.5) is 0 Å². The zero-order chi connectivity index (χ0) is 76.3. The quantitative estimate of drug-likeness (QED) is 0.122. The standard InChI is InChI=1S/4C27H22O/c1-18(2)21-7-5-8-22(17-21)19-13-15-20(16-14-19)23-10-6-11-25-24-9-3-4-12-26(24)28-27(23)25;1-18(2)19-13-15-20(16-14-19)21-7-5-8-22(17-21)23-10-6-11-25-24-9-3-4-12-26(24)28-27(23)25;1-18(2)21-6-5-7-22(16-21)19-10-12-20(13-11-19)23-14-15-27-25(17-23)24-8-3-4-9-26(24)28-27;1-18(2)19-10-12-20(13-11-19)21-6-5-7-22(16-21)23-14-15-25-24-8-3-4-9-26(24)28-27(25)17-23/h4*3-18H,1-2H3. The van der Waals surface area contributed by atoms with Gasteiger partial charge >= 0.3 is 0 Å². The lowest BCUT2D eigenvalue weighted by Gasteiger charge is -2.09. The monoisotopic (exact) mass is 1450 g/mol. The normalized spacial score (nSPS) is 11.5. The summed E-state index contributed by atoms with van der Waals surface area (Å²) in [5.74, 6) is 2.17. The summed E-state index contributed by atoms with van der Waals surface area (Å²) in [7, 11) is 0. The van der Waals surface area contributed by atoms with Crippen molar-refractivity contribution in [2.24, 2.45) is 0 Å². The average molecular weight is 1450 g/mol. The SMILES string of the molecule is CC(C)c1ccc(-c2cccc(-c3ccc4c(c3)oc3ccccc34)c2)cc1.CC(C)c1ccc(-c2cccc(-c3cccc4c3oc3ccccc34)c2)cc1.CC(C)c1cccc(-c2ccc(-c3ccc4oc5ccccc5c4c3)cc2)c1.CC(C)c1cccc(-c2ccc(-c3cccc4c3oc3ccccc34)cc2)c1. The van der Waals surface area contributed by atoms with Crippen LogP contribution in [0.2, 0.25) is 0 Å². The Morgan fingerprint density at radius 2 is 0.429 bits per heavy atom. The van der Waals surface area contributed by atoms with Gasteiger partial charge in [0.1, 0.15) is 44.7 Å². The molecule has 0 aliphatic heterocycles. The summed E-state index contributed by atoms with van der Waals surface area (Å²) in [4.78, 5) is 0. The molecular weight excluding hydrogens is 1360 g/mol. The summed E-state index contributed by atoms with van der Waals surface area (Å²) >= 11 is 0. The first-order valence-corrected chi connectivity index (χ1v) is 39.3. The molecule has 0 saturated heterocycles. The lowest BCUT2D eigenvalue weighted by molar-refractivity contribution is 0.668. The van der Waals surface area contributed by atoms with E-state index in [0.717, 1.165) is 55.8 Å². The molecule has 544 valence electrons. The highest BCUT2D eigenvalue weighted by atomic mass is 16.3. The highest BCUT2D eigenvalue weighted by molar-refractivity contribution is 6.12. The molecule has 0 spiro atoms. The van der Waals surface area contributed by atoms with E-state index in [1.807, 2.05) is 48.5 Å². The third kappa shape index (κ3) is 14.8. The van der Waals surface area contributed by atoms with Gasteiger partial charge in [0.15, 0.2) is 0 Å². The third-order valence-electron chi connectivity index (χ3n) is 21.9. The first-order valence-electron chi connectivity index (χ1n) is 39.3. The number of hydrogen-bond donors (Lipinski definition) is 0. The minimum Gasteiger partial charge on any atom is -0.456 e. The smallest absolute Gasteiger partial charge is 0.143 e. The zero-order valence-corrected chi connectivity index (χ0v) is 64.6. The molecule has 20 rings (SSSR count). The zero-order valence-electron chi connectivity index (χ0n) is 64.6. The van der Waals surface area contributed by atoms with Crippen molar-refractivity contribution < 1.29 is 17.7 Å². The van der Waals surface area contributed by atoms with Gasteiger partial charge in [-0.1, -0.05) is 359 Å². The molecule has 112 heavy (non-hydrogen) atoms. The van der Waals surface area contributed by atoms with Crippen LogP contribution < -0.4 is 0 Å². The summed E-state index contributed by atoms with van der Waals surface area (Å²) in [5.41, 5.74) is 32.4. The first kappa shape index (κ1) is 71.6. The number of furan rings is 4. The number of benzene rings is 16. The minimum absolute atomic E-state index is 0.532. The number of rotatable bonds is 12. The molecule has 0 N–H and O–H groups in total. The van der Waals surface area contributed by atoms with Crippen LogP contribution in [-0.2, 0) is 0 Å². The number of para-hydroxylation sites is 6. The summed E-state index contributed by atoms with van der Waals surface area (Å²) in [6.07, 6.45) is 0. The second-order valence-corrected chi connectivity index (χ2v) is 30.6. The second kappa shape index (κ2) is 31.4. The summed E-state index contributed by atoms with van der Waals surface area (Å²) in [5, 5.41) is 9.34. The molecule has 16 aromatic carbocycles. The van der Waals surface area contributed by atoms with Gasteiger partial charge < -0.3 is 17.7 Å². The van der Waals surface area contributed by atoms with E-state index in [0.29, 0.717) is 23.7 Å². The molecule has 4 heteroatoms. The summed E-state index contributed by atoms with van der Waals surface area (Å²) in [6.45, 7) is 17.8. The Balaban J connectivity index is 0.000000108. The van der Waals surface area contributed by atoms with Gasteiger partial charge in [-0.15, -0.1) is 0 Å². The van der Waals surface area contributed by atoms with Crippen LogP contribution in [-0.4, -0.2) is 0 Å². The van der Waals surface area contributed by atoms with Gasteiger partial charge in [0, 0.05) is 54.2 Å². The van der Waals surface area contributed by atoms with Crippen molar-refractivity contribution in [3.05, 3.63) is 386 Å². The van der Waals surface area contributed by atoms with E-state index in [1.165, 1.54) is 143 Å². The highest BCUT2D eigenvalue weighted by Crippen LogP contribution is 2.42. The van der Waals surface area contributed by atoms with Crippen LogP contribution >= 0.6 is 0 Å². The van der Waals surface area contributed by atoms with Gasteiger partial charge in [0.2, 0.25) is 0 Å². The van der Waals surface area contributed by atoms with Crippen molar-refractivity contribution in [1.82, 2.24) is 0 Å². The van der Waals surface area contributed by atoms with E-state index in [9.17, 15) is 0 Å². The maximum absolute atomic E-state index is 6.23. The molecule has 0 aliphatic rings. The van der Waals surface area contributed by atoms with Gasteiger partial charge in [0.05, 0.1) is 0 Å². The highest BCUT2D eigenvalue weighted by Gasteiger charge is 2.17. The molecule has 0 radical (unpaired) electrons. The Bertz CT molecular complexity index is 6720. The molecular formula is C108H88O4. The van der Waals surface area contributed by atoms with Crippen LogP contribution in [0.3, 0.4) is 0 Å². The van der Waals surface area contributed by atoms with E-state index < -0.39 is 0 Å². The average Bonchev–Trinajstić information content (AvgIpc) is 1.61. The molecule has 0 bridgehead atoms. The van der Waals surface area contributed by atoms with E-state index in [-0.39, 0.29) is 0 Å². The van der Waals surface area contributed by atoms with E-state index >= 15 is 0 Å². The molecule has 0 fully saturated rings. The Hall–Kier alpha value is -13.3.